The van der Waals surface area contributed by atoms with Gasteiger partial charge in [-0.2, -0.15) is 0 Å². The maximum Gasteiger partial charge on any atom is 0.306 e. The van der Waals surface area contributed by atoms with Crippen LogP contribution in [0.4, 0.5) is 0 Å². The summed E-state index contributed by atoms with van der Waals surface area (Å²) >= 11 is 0. The second kappa shape index (κ2) is 28.9. The Balaban J connectivity index is -0.000000778. The first kappa shape index (κ1) is 41.4. The van der Waals surface area contributed by atoms with Crippen molar-refractivity contribution < 1.29 is 19.1 Å². The maximum absolute atomic E-state index is 12.4. The second-order valence-electron chi connectivity index (χ2n) is 10.0. The first-order valence-electron chi connectivity index (χ1n) is 15.3. The van der Waals surface area contributed by atoms with Crippen LogP contribution in [-0.4, -0.2) is 93.9 Å². The van der Waals surface area contributed by atoms with E-state index in [9.17, 15) is 9.59 Å². The Kier molecular flexibility index (Phi) is 31.5. The average molecular weight is 547 g/mol. The van der Waals surface area contributed by atoms with Crippen molar-refractivity contribution in [2.45, 2.75) is 114 Å². The monoisotopic (exact) mass is 547 g/mol. The molecule has 38 heavy (non-hydrogen) atoms. The van der Waals surface area contributed by atoms with Crippen molar-refractivity contribution in [1.29, 1.82) is 0 Å². The largest absolute Gasteiger partial charge is 0.460 e. The molecule has 2 heterocycles. The number of carbonyl (C=O) groups excluding carboxylic acids is 2. The van der Waals surface area contributed by atoms with E-state index in [0.717, 1.165) is 65.3 Å². The van der Waals surface area contributed by atoms with Gasteiger partial charge in [-0.1, -0.05) is 61.8 Å². The number of piperazine rings is 2. The normalized spacial score (nSPS) is 16.1. The van der Waals surface area contributed by atoms with Gasteiger partial charge in [0.05, 0.1) is 6.61 Å². The van der Waals surface area contributed by atoms with Gasteiger partial charge in [0.15, 0.2) is 5.78 Å². The third-order valence-electron chi connectivity index (χ3n) is 5.43. The van der Waals surface area contributed by atoms with Crippen LogP contribution in [0.3, 0.4) is 0 Å². The van der Waals surface area contributed by atoms with Crippen LogP contribution >= 0.6 is 0 Å². The minimum Gasteiger partial charge on any atom is -0.460 e. The number of nitrogens with one attached hydrogen (secondary N) is 3. The molecule has 230 valence electrons. The number of ketones is 1. The minimum atomic E-state index is -0.855. The Morgan fingerprint density at radius 2 is 1.26 bits per heavy atom. The highest BCUT2D eigenvalue weighted by molar-refractivity contribution is 5.86. The molecule has 8 heteroatoms. The molecule has 2 aliphatic rings. The number of hydrogen-bond donors (Lipinski definition) is 3. The second-order valence-corrected chi connectivity index (χ2v) is 10.0. The fourth-order valence-corrected chi connectivity index (χ4v) is 3.23. The number of Topliss-reactive ketones (excluding diaryl/α,β-unsaturated/α-hetero) is 1. The van der Waals surface area contributed by atoms with Gasteiger partial charge in [0.1, 0.15) is 11.7 Å². The van der Waals surface area contributed by atoms with Crippen LogP contribution < -0.4 is 16.0 Å². The van der Waals surface area contributed by atoms with E-state index in [2.05, 4.69) is 48.5 Å². The summed E-state index contributed by atoms with van der Waals surface area (Å²) < 4.78 is 11.1. The van der Waals surface area contributed by atoms with Gasteiger partial charge in [0.25, 0.3) is 0 Å². The molecule has 8 nitrogen and oxygen atoms in total. The molecule has 2 rings (SSSR count). The summed E-state index contributed by atoms with van der Waals surface area (Å²) in [6.07, 6.45) is 2.63. The molecule has 2 fully saturated rings. The number of carbonyl (C=O) groups is 2. The molecular weight excluding hydrogens is 480 g/mol. The lowest BCUT2D eigenvalue weighted by atomic mass is 10.0. The highest BCUT2D eigenvalue weighted by Crippen LogP contribution is 2.15. The Morgan fingerprint density at radius 1 is 0.816 bits per heavy atom. The Bertz CT molecular complexity index is 509. The molecule has 2 aliphatic heterocycles. The highest BCUT2D eigenvalue weighted by atomic mass is 16.6. The average Bonchev–Trinajstić information content (AvgIpc) is 2.94. The number of rotatable bonds is 11. The number of esters is 1. The van der Waals surface area contributed by atoms with Crippen LogP contribution in [-0.2, 0) is 19.1 Å². The van der Waals surface area contributed by atoms with E-state index in [4.69, 9.17) is 9.47 Å². The van der Waals surface area contributed by atoms with E-state index in [0.29, 0.717) is 18.8 Å². The summed E-state index contributed by atoms with van der Waals surface area (Å²) in [5.74, 6) is 0.364. The predicted octanol–water partition coefficient (Wildman–Crippen LogP) is 4.66. The van der Waals surface area contributed by atoms with E-state index < -0.39 is 5.60 Å². The van der Waals surface area contributed by atoms with E-state index in [-0.39, 0.29) is 24.5 Å². The Hall–Kier alpha value is -1.06. The van der Waals surface area contributed by atoms with Crippen molar-refractivity contribution in [2.75, 3.05) is 65.5 Å². The van der Waals surface area contributed by atoms with Gasteiger partial charge in [-0.3, -0.25) is 9.59 Å². The smallest absolute Gasteiger partial charge is 0.306 e. The van der Waals surface area contributed by atoms with Gasteiger partial charge >= 0.3 is 5.97 Å². The molecule has 0 aromatic carbocycles. The zero-order valence-corrected chi connectivity index (χ0v) is 27.1. The first-order chi connectivity index (χ1) is 18.1. The molecule has 0 radical (unpaired) electrons. The van der Waals surface area contributed by atoms with E-state index in [1.54, 1.807) is 20.8 Å². The molecule has 0 spiro atoms. The summed E-state index contributed by atoms with van der Waals surface area (Å²) in [7, 11) is 0. The van der Waals surface area contributed by atoms with Crippen molar-refractivity contribution in [3.05, 3.63) is 0 Å². The van der Waals surface area contributed by atoms with Crippen molar-refractivity contribution in [2.24, 2.45) is 5.92 Å². The summed E-state index contributed by atoms with van der Waals surface area (Å²) in [4.78, 5) is 26.5. The van der Waals surface area contributed by atoms with Crippen LogP contribution in [0.5, 0.6) is 0 Å². The van der Waals surface area contributed by atoms with Gasteiger partial charge in [-0.25, -0.2) is 0 Å². The third kappa shape index (κ3) is 26.5. The lowest BCUT2D eigenvalue weighted by Crippen LogP contribution is -2.45. The topological polar surface area (TPSA) is 91.9 Å². The lowest BCUT2D eigenvalue weighted by Gasteiger charge is -2.29. The van der Waals surface area contributed by atoms with Crippen LogP contribution in [0.25, 0.3) is 0 Å². The van der Waals surface area contributed by atoms with Gasteiger partial charge in [-0.05, 0) is 33.1 Å². The van der Waals surface area contributed by atoms with Crippen molar-refractivity contribution in [1.82, 2.24) is 20.9 Å². The van der Waals surface area contributed by atoms with Crippen LogP contribution in [0, 0.1) is 5.92 Å². The van der Waals surface area contributed by atoms with E-state index in [1.807, 2.05) is 27.7 Å². The van der Waals surface area contributed by atoms with E-state index in [1.165, 1.54) is 6.42 Å². The van der Waals surface area contributed by atoms with Crippen molar-refractivity contribution in [3.63, 3.8) is 0 Å². The van der Waals surface area contributed by atoms with Crippen molar-refractivity contribution in [3.8, 4) is 0 Å². The zero-order chi connectivity index (χ0) is 29.8. The van der Waals surface area contributed by atoms with Gasteiger partial charge in [0.2, 0.25) is 0 Å². The number of nitrogens with zero attached hydrogens (tertiary/aromatic N) is 1. The molecule has 0 aliphatic carbocycles. The Labute approximate surface area is 236 Å². The Morgan fingerprint density at radius 3 is 1.68 bits per heavy atom. The van der Waals surface area contributed by atoms with Crippen LogP contribution in [0.2, 0.25) is 0 Å². The molecule has 0 aromatic heterocycles. The summed E-state index contributed by atoms with van der Waals surface area (Å²) in [5, 5.41) is 9.75. The van der Waals surface area contributed by atoms with Gasteiger partial charge in [0, 0.05) is 71.7 Å². The molecule has 0 bridgehead atoms. The molecular formula is C30H66N4O4. The number of hydrogen-bond acceptors (Lipinski definition) is 8. The predicted molar refractivity (Wildman–Crippen MR) is 163 cm³/mol. The molecule has 0 amide bonds. The highest BCUT2D eigenvalue weighted by Gasteiger charge is 2.29. The first-order valence-corrected chi connectivity index (χ1v) is 15.3. The molecule has 2 saturated heterocycles. The molecule has 1 unspecified atom stereocenters. The van der Waals surface area contributed by atoms with Gasteiger partial charge < -0.3 is 30.3 Å². The summed E-state index contributed by atoms with van der Waals surface area (Å²) in [5.41, 5.74) is -0.855. The van der Waals surface area contributed by atoms with Crippen LogP contribution in [0.1, 0.15) is 102 Å². The number of ether oxygens (including phenoxy) is 2. The summed E-state index contributed by atoms with van der Waals surface area (Å²) in [6.45, 7) is 31.3. The molecule has 0 saturated carbocycles. The van der Waals surface area contributed by atoms with Gasteiger partial charge in [-0.15, -0.1) is 0 Å². The zero-order valence-electron chi connectivity index (χ0n) is 27.1. The van der Waals surface area contributed by atoms with Crippen LogP contribution in [0.15, 0.2) is 0 Å². The molecule has 0 aromatic rings. The minimum absolute atomic E-state index is 0.0874. The van der Waals surface area contributed by atoms with E-state index >= 15 is 0 Å². The quantitative estimate of drug-likeness (QED) is 0.322. The standard InChI is InChI=1S/C19H36N2O4.C4H10N2.C3H8.2C2H6/c1-15(2)6-7-18(23)25-16(3)14-24-19(4,5)17(22)8-11-21-12-9-20-10-13-21;1-2-6-4-3-5-1;1-3-2;2*1-2/h15-16,20H,6-14H2,1-5H3;5-6H,1-4H2;3H2,1-2H3;2*1-2H3. The van der Waals surface area contributed by atoms with Crippen molar-refractivity contribution >= 4 is 11.8 Å². The molecule has 1 atom stereocenters. The lowest BCUT2D eigenvalue weighted by molar-refractivity contribution is -0.158. The fraction of sp³-hybridized carbons (Fsp3) is 0.933. The summed E-state index contributed by atoms with van der Waals surface area (Å²) in [6, 6.07) is 0. The maximum atomic E-state index is 12.4. The third-order valence-corrected chi connectivity index (χ3v) is 5.43. The molecule has 3 N–H and O–H groups in total. The fourth-order valence-electron chi connectivity index (χ4n) is 3.23. The SMILES string of the molecule is C1CNCCN1.CC.CC.CC(C)CCC(=O)OC(C)COC(C)(C)C(=O)CCN1CCNCC1.CCC.